The second-order valence-corrected chi connectivity index (χ2v) is 5.88. The smallest absolute Gasteiger partial charge is 0.151 e. The molecule has 3 aliphatic rings. The summed E-state index contributed by atoms with van der Waals surface area (Å²) in [5.41, 5.74) is 0. The maximum atomic E-state index is 8.54. The fourth-order valence-electron chi connectivity index (χ4n) is 1.95. The third-order valence-corrected chi connectivity index (χ3v) is 3.55. The minimum absolute atomic E-state index is 0.392. The Morgan fingerprint density at radius 1 is 0.810 bits per heavy atom. The van der Waals surface area contributed by atoms with Gasteiger partial charge < -0.3 is 29.2 Å². The molecule has 0 saturated carbocycles. The van der Waals surface area contributed by atoms with Crippen molar-refractivity contribution in [3.05, 3.63) is 0 Å². The van der Waals surface area contributed by atoms with Crippen molar-refractivity contribution in [1.82, 2.24) is 0 Å². The van der Waals surface area contributed by atoms with E-state index in [0.29, 0.717) is 24.7 Å². The maximum absolute atomic E-state index is 8.54. The second kappa shape index (κ2) is 9.71. The summed E-state index contributed by atoms with van der Waals surface area (Å²) in [5, 5.41) is 17.1. The third-order valence-electron chi connectivity index (χ3n) is 3.55. The molecule has 0 aliphatic carbocycles. The highest BCUT2D eigenvalue weighted by Crippen LogP contribution is 2.17. The standard InChI is InChI=1S/C9H18O3.C6H10O3/c10-9(11)6-4-2-1-3-5-8-7-12-8;1(5-3-8-5)7-2-6-4-9-6/h8-11H,1-7H2;5-6H,1-4H2. The van der Waals surface area contributed by atoms with Gasteiger partial charge in [0.25, 0.3) is 0 Å². The van der Waals surface area contributed by atoms with Crippen LogP contribution in [0.3, 0.4) is 0 Å². The minimum Gasteiger partial charge on any atom is -0.376 e. The van der Waals surface area contributed by atoms with E-state index in [9.17, 15) is 0 Å². The van der Waals surface area contributed by atoms with E-state index in [-0.39, 0.29) is 0 Å². The number of ether oxygens (including phenoxy) is 4. The molecule has 124 valence electrons. The summed E-state index contributed by atoms with van der Waals surface area (Å²) in [4.78, 5) is 0. The van der Waals surface area contributed by atoms with Gasteiger partial charge >= 0.3 is 0 Å². The third kappa shape index (κ3) is 11.0. The molecule has 0 aromatic rings. The monoisotopic (exact) mass is 304 g/mol. The van der Waals surface area contributed by atoms with Crippen molar-refractivity contribution < 1.29 is 29.2 Å². The van der Waals surface area contributed by atoms with Crippen molar-refractivity contribution in [2.45, 2.75) is 63.1 Å². The molecule has 6 nitrogen and oxygen atoms in total. The molecule has 6 heteroatoms. The van der Waals surface area contributed by atoms with Gasteiger partial charge in [0, 0.05) is 0 Å². The number of aliphatic hydroxyl groups is 2. The molecule has 3 atom stereocenters. The quantitative estimate of drug-likeness (QED) is 0.334. The van der Waals surface area contributed by atoms with Crippen LogP contribution in [0, 0.1) is 0 Å². The summed E-state index contributed by atoms with van der Waals surface area (Å²) in [6.07, 6.45) is 6.34. The largest absolute Gasteiger partial charge is 0.376 e. The fourth-order valence-corrected chi connectivity index (χ4v) is 1.95. The second-order valence-electron chi connectivity index (χ2n) is 5.88. The summed E-state index contributed by atoms with van der Waals surface area (Å²) in [5.74, 6) is 0. The maximum Gasteiger partial charge on any atom is 0.151 e. The van der Waals surface area contributed by atoms with E-state index in [1.165, 1.54) is 19.3 Å². The molecule has 21 heavy (non-hydrogen) atoms. The van der Waals surface area contributed by atoms with Gasteiger partial charge in [0.2, 0.25) is 0 Å². The lowest BCUT2D eigenvalue weighted by atomic mass is 10.1. The van der Waals surface area contributed by atoms with E-state index in [1.54, 1.807) is 0 Å². The Balaban J connectivity index is 0.000000159. The molecule has 0 bridgehead atoms. The predicted octanol–water partition coefficient (Wildman–Crippen LogP) is 0.837. The Hall–Kier alpha value is -0.240. The van der Waals surface area contributed by atoms with Crippen molar-refractivity contribution in [2.24, 2.45) is 0 Å². The molecule has 3 unspecified atom stereocenters. The van der Waals surface area contributed by atoms with Gasteiger partial charge in [0.05, 0.1) is 39.1 Å². The van der Waals surface area contributed by atoms with Gasteiger partial charge in [-0.1, -0.05) is 19.3 Å². The van der Waals surface area contributed by atoms with Gasteiger partial charge in [0.1, 0.15) is 12.2 Å². The molecule has 0 amide bonds. The van der Waals surface area contributed by atoms with Crippen molar-refractivity contribution in [3.8, 4) is 0 Å². The molecule has 0 spiro atoms. The van der Waals surface area contributed by atoms with Crippen LogP contribution in [0.2, 0.25) is 0 Å². The number of hydrogen-bond acceptors (Lipinski definition) is 6. The molecule has 0 aromatic carbocycles. The first-order valence-electron chi connectivity index (χ1n) is 8.02. The van der Waals surface area contributed by atoms with Crippen molar-refractivity contribution >= 4 is 0 Å². The summed E-state index contributed by atoms with van der Waals surface area (Å²) in [6, 6.07) is 0. The van der Waals surface area contributed by atoms with E-state index in [0.717, 1.165) is 45.9 Å². The van der Waals surface area contributed by atoms with Crippen LogP contribution >= 0.6 is 0 Å². The van der Waals surface area contributed by atoms with Crippen LogP contribution in [0.5, 0.6) is 0 Å². The van der Waals surface area contributed by atoms with E-state index < -0.39 is 6.29 Å². The molecule has 3 heterocycles. The Bertz CT molecular complexity index is 243. The Labute approximate surface area is 126 Å². The average Bonchev–Trinajstić information content (AvgIpc) is 3.28. The molecule has 3 rings (SSSR count). The summed E-state index contributed by atoms with van der Waals surface area (Å²) >= 11 is 0. The lowest BCUT2D eigenvalue weighted by Gasteiger charge is -2.02. The first-order valence-corrected chi connectivity index (χ1v) is 8.02. The van der Waals surface area contributed by atoms with Crippen LogP contribution < -0.4 is 0 Å². The lowest BCUT2D eigenvalue weighted by molar-refractivity contribution is -0.0466. The Kier molecular flexibility index (Phi) is 7.92. The van der Waals surface area contributed by atoms with E-state index in [1.807, 2.05) is 0 Å². The van der Waals surface area contributed by atoms with Crippen molar-refractivity contribution in [1.29, 1.82) is 0 Å². The van der Waals surface area contributed by atoms with Gasteiger partial charge in [-0.2, -0.15) is 0 Å². The molecule has 0 aromatic heterocycles. The van der Waals surface area contributed by atoms with Crippen LogP contribution in [0.15, 0.2) is 0 Å². The summed E-state index contributed by atoms with van der Waals surface area (Å²) in [7, 11) is 0. The van der Waals surface area contributed by atoms with Gasteiger partial charge in [-0.15, -0.1) is 0 Å². The Morgan fingerprint density at radius 3 is 1.81 bits per heavy atom. The Morgan fingerprint density at radius 2 is 1.33 bits per heavy atom. The molecule has 3 aliphatic heterocycles. The highest BCUT2D eigenvalue weighted by Gasteiger charge is 2.26. The molecular weight excluding hydrogens is 276 g/mol. The van der Waals surface area contributed by atoms with Crippen LogP contribution in [0.1, 0.15) is 38.5 Å². The zero-order valence-corrected chi connectivity index (χ0v) is 12.6. The van der Waals surface area contributed by atoms with Crippen LogP contribution in [0.25, 0.3) is 0 Å². The number of unbranched alkanes of at least 4 members (excludes halogenated alkanes) is 3. The molecular formula is C15H28O6. The first kappa shape index (κ1) is 17.1. The zero-order valence-electron chi connectivity index (χ0n) is 12.6. The van der Waals surface area contributed by atoms with Crippen LogP contribution in [0.4, 0.5) is 0 Å². The van der Waals surface area contributed by atoms with Gasteiger partial charge in [-0.3, -0.25) is 0 Å². The zero-order chi connectivity index (χ0) is 14.9. The van der Waals surface area contributed by atoms with Crippen molar-refractivity contribution in [3.63, 3.8) is 0 Å². The van der Waals surface area contributed by atoms with E-state index in [2.05, 4.69) is 0 Å². The molecule has 3 fully saturated rings. The molecule has 3 saturated heterocycles. The van der Waals surface area contributed by atoms with Crippen molar-refractivity contribution in [2.75, 3.05) is 33.0 Å². The topological polar surface area (TPSA) is 87.3 Å². The number of rotatable bonds is 11. The normalized spacial score (nSPS) is 29.0. The predicted molar refractivity (Wildman–Crippen MR) is 76.0 cm³/mol. The highest BCUT2D eigenvalue weighted by molar-refractivity contribution is 4.71. The molecule has 2 N–H and O–H groups in total. The van der Waals surface area contributed by atoms with Gasteiger partial charge in [-0.25, -0.2) is 0 Å². The minimum atomic E-state index is -1.11. The first-order chi connectivity index (χ1) is 10.2. The number of epoxide rings is 3. The highest BCUT2D eigenvalue weighted by atomic mass is 16.6. The fraction of sp³-hybridized carbons (Fsp3) is 1.00. The SMILES string of the molecule is C(OCC1CO1)C1CO1.OC(O)CCCCCCC1CO1. The van der Waals surface area contributed by atoms with Crippen LogP contribution in [-0.2, 0) is 18.9 Å². The molecule has 0 radical (unpaired) electrons. The van der Waals surface area contributed by atoms with E-state index in [4.69, 9.17) is 29.2 Å². The average molecular weight is 304 g/mol. The summed E-state index contributed by atoms with van der Waals surface area (Å²) < 4.78 is 20.2. The van der Waals surface area contributed by atoms with Crippen LogP contribution in [-0.4, -0.2) is 67.8 Å². The van der Waals surface area contributed by atoms with Gasteiger partial charge in [0.15, 0.2) is 6.29 Å². The van der Waals surface area contributed by atoms with Gasteiger partial charge in [-0.05, 0) is 19.3 Å². The van der Waals surface area contributed by atoms with E-state index >= 15 is 0 Å². The number of hydrogen-bond donors (Lipinski definition) is 2. The summed E-state index contributed by atoms with van der Waals surface area (Å²) in [6.45, 7) is 4.21. The number of aliphatic hydroxyl groups excluding tert-OH is 1. The lowest BCUT2D eigenvalue weighted by Crippen LogP contribution is -2.06.